The summed E-state index contributed by atoms with van der Waals surface area (Å²) in [6, 6.07) is 7.14. The minimum absolute atomic E-state index is 0.153. The molecule has 5 heteroatoms. The first-order valence-electron chi connectivity index (χ1n) is 4.48. The zero-order valence-electron chi connectivity index (χ0n) is 8.53. The number of hydrogen-bond acceptors (Lipinski definition) is 2. The molecule has 0 aliphatic heterocycles. The van der Waals surface area contributed by atoms with Crippen molar-refractivity contribution < 1.29 is 14.7 Å². The molecule has 4 nitrogen and oxygen atoms in total. The maximum atomic E-state index is 10.9. The summed E-state index contributed by atoms with van der Waals surface area (Å²) in [6.07, 6.45) is 1.40. The Bertz CT molecular complexity index is 454. The summed E-state index contributed by atoms with van der Waals surface area (Å²) in [4.78, 5) is 21.7. The summed E-state index contributed by atoms with van der Waals surface area (Å²) in [5.74, 6) is -1.59. The Labute approximate surface area is 101 Å². The summed E-state index contributed by atoms with van der Waals surface area (Å²) in [5.41, 5.74) is 0.535. The van der Waals surface area contributed by atoms with Gasteiger partial charge in [0.05, 0.1) is 0 Å². The molecule has 1 aromatic rings. The highest BCUT2D eigenvalue weighted by molar-refractivity contribution is 9.10. The second-order valence-electron chi connectivity index (χ2n) is 3.07. The molecule has 0 radical (unpaired) electrons. The van der Waals surface area contributed by atoms with Gasteiger partial charge in [-0.15, -0.1) is 0 Å². The van der Waals surface area contributed by atoms with Gasteiger partial charge in [0, 0.05) is 11.4 Å². The van der Waals surface area contributed by atoms with Crippen molar-refractivity contribution in [3.63, 3.8) is 0 Å². The fourth-order valence-electron chi connectivity index (χ4n) is 1.09. The molecular formula is C11H10BrNO3. The summed E-state index contributed by atoms with van der Waals surface area (Å²) in [7, 11) is 0. The number of carbonyl (C=O) groups excluding carboxylic acids is 1. The number of hydrogen-bond donors (Lipinski definition) is 2. The van der Waals surface area contributed by atoms with Gasteiger partial charge in [0.25, 0.3) is 0 Å². The van der Waals surface area contributed by atoms with Crippen LogP contribution >= 0.6 is 15.9 Å². The number of carboxylic acids is 1. The van der Waals surface area contributed by atoms with Crippen LogP contribution in [-0.4, -0.2) is 17.0 Å². The van der Waals surface area contributed by atoms with E-state index in [1.165, 1.54) is 13.0 Å². The molecule has 0 aliphatic rings. The highest BCUT2D eigenvalue weighted by atomic mass is 79.9. The molecule has 0 unspecified atom stereocenters. The lowest BCUT2D eigenvalue weighted by molar-refractivity contribution is -0.134. The molecule has 0 saturated carbocycles. The zero-order valence-corrected chi connectivity index (χ0v) is 10.1. The second-order valence-corrected chi connectivity index (χ2v) is 3.92. The van der Waals surface area contributed by atoms with Crippen LogP contribution in [0.1, 0.15) is 12.5 Å². The van der Waals surface area contributed by atoms with Crippen molar-refractivity contribution in [3.05, 3.63) is 40.0 Å². The average Bonchev–Trinajstić information content (AvgIpc) is 2.19. The van der Waals surface area contributed by atoms with Crippen molar-refractivity contribution in [2.75, 3.05) is 0 Å². The van der Waals surface area contributed by atoms with Gasteiger partial charge in [-0.05, 0) is 17.7 Å². The number of rotatable bonds is 3. The fourth-order valence-corrected chi connectivity index (χ4v) is 1.49. The van der Waals surface area contributed by atoms with E-state index in [0.717, 1.165) is 4.47 Å². The molecule has 1 amide bonds. The molecule has 0 fully saturated rings. The van der Waals surface area contributed by atoms with Crippen LogP contribution in [0.2, 0.25) is 0 Å². The van der Waals surface area contributed by atoms with Gasteiger partial charge < -0.3 is 10.4 Å². The lowest BCUT2D eigenvalue weighted by Gasteiger charge is -2.04. The van der Waals surface area contributed by atoms with E-state index in [1.54, 1.807) is 18.2 Å². The third-order valence-corrected chi connectivity index (χ3v) is 2.47. The predicted molar refractivity (Wildman–Crippen MR) is 63.6 cm³/mol. The summed E-state index contributed by atoms with van der Waals surface area (Å²) in [6.45, 7) is 1.26. The molecule has 0 spiro atoms. The zero-order chi connectivity index (χ0) is 12.1. The molecule has 1 aromatic carbocycles. The number of benzene rings is 1. The molecule has 1 rings (SSSR count). The standard InChI is InChI=1S/C11H10BrNO3/c1-7(14)13-10(11(15)16)6-8-4-2-3-5-9(8)12/h2-6H,1H3,(H,13,14)(H,15,16). The van der Waals surface area contributed by atoms with Crippen LogP contribution in [0, 0.1) is 0 Å². The van der Waals surface area contributed by atoms with Crippen molar-refractivity contribution in [1.82, 2.24) is 5.32 Å². The number of carboxylic acid groups (broad SMARTS) is 1. The van der Waals surface area contributed by atoms with Gasteiger partial charge in [0.1, 0.15) is 5.70 Å². The quantitative estimate of drug-likeness (QED) is 0.834. The maximum Gasteiger partial charge on any atom is 0.352 e. The molecular weight excluding hydrogens is 274 g/mol. The van der Waals surface area contributed by atoms with Crippen LogP contribution in [0.25, 0.3) is 6.08 Å². The third-order valence-electron chi connectivity index (χ3n) is 1.75. The molecule has 84 valence electrons. The van der Waals surface area contributed by atoms with E-state index < -0.39 is 11.9 Å². The largest absolute Gasteiger partial charge is 0.477 e. The van der Waals surface area contributed by atoms with E-state index in [9.17, 15) is 9.59 Å². The molecule has 0 aliphatic carbocycles. The van der Waals surface area contributed by atoms with Crippen molar-refractivity contribution in [2.45, 2.75) is 6.92 Å². The Morgan fingerprint density at radius 1 is 1.38 bits per heavy atom. The summed E-state index contributed by atoms with van der Waals surface area (Å²) >= 11 is 3.29. The van der Waals surface area contributed by atoms with E-state index in [1.807, 2.05) is 6.07 Å². The van der Waals surface area contributed by atoms with E-state index >= 15 is 0 Å². The Balaban J connectivity index is 3.07. The van der Waals surface area contributed by atoms with Crippen molar-refractivity contribution in [2.24, 2.45) is 0 Å². The van der Waals surface area contributed by atoms with E-state index in [2.05, 4.69) is 21.2 Å². The van der Waals surface area contributed by atoms with Crippen LogP contribution in [0.5, 0.6) is 0 Å². The van der Waals surface area contributed by atoms with Crippen molar-refractivity contribution >= 4 is 33.9 Å². The smallest absolute Gasteiger partial charge is 0.352 e. The molecule has 0 saturated heterocycles. The number of carbonyl (C=O) groups is 2. The molecule has 16 heavy (non-hydrogen) atoms. The van der Waals surface area contributed by atoms with Crippen molar-refractivity contribution in [1.29, 1.82) is 0 Å². The van der Waals surface area contributed by atoms with Crippen LogP contribution in [0.3, 0.4) is 0 Å². The SMILES string of the molecule is CC(=O)NC(=Cc1ccccc1Br)C(=O)O. The van der Waals surface area contributed by atoms with Gasteiger partial charge in [0.2, 0.25) is 5.91 Å². The molecule has 0 heterocycles. The fraction of sp³-hybridized carbons (Fsp3) is 0.0909. The lowest BCUT2D eigenvalue weighted by Crippen LogP contribution is -2.24. The number of amides is 1. The second kappa shape index (κ2) is 5.46. The van der Waals surface area contributed by atoms with Gasteiger partial charge in [0.15, 0.2) is 0 Å². The maximum absolute atomic E-state index is 10.9. The monoisotopic (exact) mass is 283 g/mol. The average molecular weight is 284 g/mol. The topological polar surface area (TPSA) is 66.4 Å². The van der Waals surface area contributed by atoms with E-state index in [4.69, 9.17) is 5.11 Å². The predicted octanol–water partition coefficient (Wildman–Crippen LogP) is 2.01. The summed E-state index contributed by atoms with van der Waals surface area (Å²) < 4.78 is 0.763. The molecule has 0 aromatic heterocycles. The Morgan fingerprint density at radius 3 is 2.50 bits per heavy atom. The van der Waals surface area contributed by atoms with Crippen LogP contribution in [-0.2, 0) is 9.59 Å². The number of aliphatic carboxylic acids is 1. The van der Waals surface area contributed by atoms with E-state index in [-0.39, 0.29) is 5.70 Å². The highest BCUT2D eigenvalue weighted by Crippen LogP contribution is 2.18. The van der Waals surface area contributed by atoms with Crippen LogP contribution in [0.4, 0.5) is 0 Å². The van der Waals surface area contributed by atoms with Gasteiger partial charge in [-0.25, -0.2) is 4.79 Å². The van der Waals surface area contributed by atoms with Gasteiger partial charge in [-0.2, -0.15) is 0 Å². The van der Waals surface area contributed by atoms with Crippen LogP contribution < -0.4 is 5.32 Å². The minimum Gasteiger partial charge on any atom is -0.477 e. The highest BCUT2D eigenvalue weighted by Gasteiger charge is 2.09. The summed E-state index contributed by atoms with van der Waals surface area (Å²) in [5, 5.41) is 11.1. The molecule has 0 bridgehead atoms. The first-order chi connectivity index (χ1) is 7.50. The molecule has 0 atom stereocenters. The van der Waals surface area contributed by atoms with Gasteiger partial charge in [-0.1, -0.05) is 34.1 Å². The van der Waals surface area contributed by atoms with Crippen LogP contribution in [0.15, 0.2) is 34.4 Å². The first-order valence-corrected chi connectivity index (χ1v) is 5.27. The van der Waals surface area contributed by atoms with Gasteiger partial charge in [-0.3, -0.25) is 4.79 Å². The minimum atomic E-state index is -1.18. The Morgan fingerprint density at radius 2 is 2.00 bits per heavy atom. The Kier molecular flexibility index (Phi) is 4.25. The number of halogens is 1. The molecule has 2 N–H and O–H groups in total. The van der Waals surface area contributed by atoms with Gasteiger partial charge >= 0.3 is 5.97 Å². The lowest BCUT2D eigenvalue weighted by atomic mass is 10.2. The Hall–Kier alpha value is -1.62. The third kappa shape index (κ3) is 3.51. The normalized spacial score (nSPS) is 11.0. The van der Waals surface area contributed by atoms with Crippen molar-refractivity contribution in [3.8, 4) is 0 Å². The first kappa shape index (κ1) is 12.4. The van der Waals surface area contributed by atoms with E-state index in [0.29, 0.717) is 5.56 Å². The number of nitrogens with one attached hydrogen (secondary N) is 1.